The summed E-state index contributed by atoms with van der Waals surface area (Å²) in [5, 5.41) is 2.90. The third kappa shape index (κ3) is 1.16. The molecule has 0 aromatic carbocycles. The molecule has 1 saturated heterocycles. The lowest BCUT2D eigenvalue weighted by Crippen LogP contribution is -2.36. The number of nitrogens with one attached hydrogen (secondary N) is 1. The SMILES string of the molecule is O=C1NC(=S)SC1C12CCC(CC1)C2. The molecule has 2 aliphatic carbocycles. The van der Waals surface area contributed by atoms with Crippen molar-refractivity contribution in [3.05, 3.63) is 0 Å². The lowest BCUT2D eigenvalue weighted by atomic mass is 9.80. The normalized spacial score (nSPS) is 46.0. The Balaban J connectivity index is 1.88. The Bertz CT molecular complexity index is 307. The van der Waals surface area contributed by atoms with Gasteiger partial charge in [0, 0.05) is 0 Å². The molecule has 3 fully saturated rings. The number of carbonyl (C=O) groups is 1. The number of carbonyl (C=O) groups excluding carboxylic acids is 1. The van der Waals surface area contributed by atoms with Gasteiger partial charge in [-0.05, 0) is 43.4 Å². The van der Waals surface area contributed by atoms with Gasteiger partial charge in [0.05, 0.1) is 5.25 Å². The minimum atomic E-state index is 0.127. The number of thioether (sulfide) groups is 1. The Kier molecular flexibility index (Phi) is 1.93. The van der Waals surface area contributed by atoms with E-state index in [1.807, 2.05) is 0 Å². The number of fused-ring (bicyclic) bond motifs is 2. The first-order chi connectivity index (χ1) is 6.70. The van der Waals surface area contributed by atoms with Crippen LogP contribution in [-0.4, -0.2) is 15.5 Å². The highest BCUT2D eigenvalue weighted by molar-refractivity contribution is 8.24. The fraction of sp³-hybridized carbons (Fsp3) is 0.800. The van der Waals surface area contributed by atoms with Crippen LogP contribution in [0.1, 0.15) is 32.1 Å². The van der Waals surface area contributed by atoms with Crippen molar-refractivity contribution in [2.45, 2.75) is 37.4 Å². The molecule has 0 radical (unpaired) electrons. The molecule has 4 heteroatoms. The van der Waals surface area contributed by atoms with Crippen molar-refractivity contribution in [2.75, 3.05) is 0 Å². The summed E-state index contributed by atoms with van der Waals surface area (Å²) in [4.78, 5) is 11.7. The number of rotatable bonds is 1. The van der Waals surface area contributed by atoms with E-state index in [9.17, 15) is 4.79 Å². The van der Waals surface area contributed by atoms with Crippen LogP contribution in [0.5, 0.6) is 0 Å². The van der Waals surface area contributed by atoms with Crippen molar-refractivity contribution in [3.8, 4) is 0 Å². The Hall–Kier alpha value is -0.0900. The van der Waals surface area contributed by atoms with Crippen LogP contribution in [0.4, 0.5) is 0 Å². The van der Waals surface area contributed by atoms with E-state index >= 15 is 0 Å². The third-order valence-corrected chi connectivity index (χ3v) is 5.70. The molecule has 0 spiro atoms. The zero-order valence-electron chi connectivity index (χ0n) is 7.91. The van der Waals surface area contributed by atoms with E-state index in [1.54, 1.807) is 11.8 Å². The van der Waals surface area contributed by atoms with Crippen LogP contribution in [0.15, 0.2) is 0 Å². The van der Waals surface area contributed by atoms with Gasteiger partial charge in [-0.25, -0.2) is 0 Å². The molecule has 1 heterocycles. The quantitative estimate of drug-likeness (QED) is 0.695. The fourth-order valence-electron chi connectivity index (χ4n) is 3.36. The summed E-state index contributed by atoms with van der Waals surface area (Å²) in [6.07, 6.45) is 6.41. The second-order valence-electron chi connectivity index (χ2n) is 4.78. The summed E-state index contributed by atoms with van der Waals surface area (Å²) in [6, 6.07) is 0. The number of thiocarbonyl (C=S) groups is 1. The van der Waals surface area contributed by atoms with Gasteiger partial charge in [0.2, 0.25) is 5.91 Å². The predicted octanol–water partition coefficient (Wildman–Crippen LogP) is 2.08. The van der Waals surface area contributed by atoms with E-state index in [2.05, 4.69) is 5.32 Å². The smallest absolute Gasteiger partial charge is 0.239 e. The lowest BCUT2D eigenvalue weighted by molar-refractivity contribution is -0.120. The summed E-state index contributed by atoms with van der Waals surface area (Å²) >= 11 is 6.64. The van der Waals surface area contributed by atoms with Crippen LogP contribution in [0, 0.1) is 11.3 Å². The van der Waals surface area contributed by atoms with Crippen LogP contribution >= 0.6 is 24.0 Å². The van der Waals surface area contributed by atoms with Crippen LogP contribution < -0.4 is 5.32 Å². The average Bonchev–Trinajstić information content (AvgIpc) is 2.79. The van der Waals surface area contributed by atoms with Crippen molar-refractivity contribution in [3.63, 3.8) is 0 Å². The molecule has 2 nitrogen and oxygen atoms in total. The molecular formula is C10H13NOS2. The summed E-state index contributed by atoms with van der Waals surface area (Å²) in [7, 11) is 0. The first-order valence-corrected chi connectivity index (χ1v) is 6.50. The molecule has 2 bridgehead atoms. The van der Waals surface area contributed by atoms with Crippen molar-refractivity contribution in [1.29, 1.82) is 0 Å². The largest absolute Gasteiger partial charge is 0.311 e. The minimum Gasteiger partial charge on any atom is -0.311 e. The molecule has 1 N–H and O–H groups in total. The average molecular weight is 227 g/mol. The Morgan fingerprint density at radius 3 is 2.57 bits per heavy atom. The number of hydrogen-bond acceptors (Lipinski definition) is 3. The number of amides is 1. The predicted molar refractivity (Wildman–Crippen MR) is 61.1 cm³/mol. The monoisotopic (exact) mass is 227 g/mol. The van der Waals surface area contributed by atoms with Gasteiger partial charge < -0.3 is 5.32 Å². The van der Waals surface area contributed by atoms with E-state index in [4.69, 9.17) is 12.2 Å². The van der Waals surface area contributed by atoms with Crippen molar-refractivity contribution < 1.29 is 4.79 Å². The van der Waals surface area contributed by atoms with Gasteiger partial charge in [-0.1, -0.05) is 24.0 Å². The van der Waals surface area contributed by atoms with Crippen molar-refractivity contribution in [2.24, 2.45) is 11.3 Å². The molecule has 1 unspecified atom stereocenters. The summed E-state index contributed by atoms with van der Waals surface area (Å²) in [5.74, 6) is 1.07. The van der Waals surface area contributed by atoms with Crippen molar-refractivity contribution >= 4 is 34.2 Å². The molecule has 76 valence electrons. The van der Waals surface area contributed by atoms with E-state index in [1.165, 1.54) is 32.1 Å². The van der Waals surface area contributed by atoms with E-state index in [-0.39, 0.29) is 11.2 Å². The molecule has 3 aliphatic rings. The molecule has 0 aromatic heterocycles. The molecule has 0 aromatic rings. The second-order valence-corrected chi connectivity index (χ2v) is 6.57. The standard InChI is InChI=1S/C10H13NOS2/c12-8-7(14-9(13)11-8)10-3-1-6(5-10)2-4-10/h6-7H,1-5H2,(H,11,12,13). The van der Waals surface area contributed by atoms with Gasteiger partial charge in [0.1, 0.15) is 4.32 Å². The molecular weight excluding hydrogens is 214 g/mol. The van der Waals surface area contributed by atoms with E-state index < -0.39 is 0 Å². The highest BCUT2D eigenvalue weighted by atomic mass is 32.2. The zero-order valence-corrected chi connectivity index (χ0v) is 9.55. The van der Waals surface area contributed by atoms with Crippen LogP contribution in [-0.2, 0) is 4.79 Å². The first kappa shape index (κ1) is 9.16. The third-order valence-electron chi connectivity index (χ3n) is 4.04. The maximum absolute atomic E-state index is 11.7. The van der Waals surface area contributed by atoms with Gasteiger partial charge >= 0.3 is 0 Å². The summed E-state index contributed by atoms with van der Waals surface area (Å²) in [6.45, 7) is 0. The maximum Gasteiger partial charge on any atom is 0.239 e. The first-order valence-electron chi connectivity index (χ1n) is 5.21. The number of hydrogen-bond donors (Lipinski definition) is 1. The lowest BCUT2D eigenvalue weighted by Gasteiger charge is -2.30. The Labute approximate surface area is 93.2 Å². The van der Waals surface area contributed by atoms with Crippen LogP contribution in [0.25, 0.3) is 0 Å². The van der Waals surface area contributed by atoms with E-state index in [0.29, 0.717) is 9.74 Å². The maximum atomic E-state index is 11.7. The topological polar surface area (TPSA) is 29.1 Å². The van der Waals surface area contributed by atoms with Gasteiger partial charge in [0.15, 0.2) is 0 Å². The molecule has 14 heavy (non-hydrogen) atoms. The Morgan fingerprint density at radius 2 is 2.14 bits per heavy atom. The van der Waals surface area contributed by atoms with Gasteiger partial charge in [-0.3, -0.25) is 4.79 Å². The molecule has 2 saturated carbocycles. The minimum absolute atomic E-state index is 0.127. The Morgan fingerprint density at radius 1 is 1.43 bits per heavy atom. The highest BCUT2D eigenvalue weighted by Crippen LogP contribution is 2.59. The van der Waals surface area contributed by atoms with Gasteiger partial charge in [-0.2, -0.15) is 0 Å². The molecule has 3 rings (SSSR count). The fourth-order valence-corrected chi connectivity index (χ4v) is 4.87. The summed E-state index contributed by atoms with van der Waals surface area (Å²) < 4.78 is 0.685. The second kappa shape index (κ2) is 2.95. The van der Waals surface area contributed by atoms with Crippen molar-refractivity contribution in [1.82, 2.24) is 5.32 Å². The highest BCUT2D eigenvalue weighted by Gasteiger charge is 2.54. The van der Waals surface area contributed by atoms with Crippen LogP contribution in [0.3, 0.4) is 0 Å². The zero-order chi connectivity index (χ0) is 9.76. The van der Waals surface area contributed by atoms with Gasteiger partial charge in [-0.15, -0.1) is 0 Å². The molecule has 1 atom stereocenters. The van der Waals surface area contributed by atoms with Gasteiger partial charge in [0.25, 0.3) is 0 Å². The summed E-state index contributed by atoms with van der Waals surface area (Å²) in [5.41, 5.74) is 0.306. The molecule has 1 amide bonds. The molecule has 1 aliphatic heterocycles. The van der Waals surface area contributed by atoms with Crippen LogP contribution in [0.2, 0.25) is 0 Å². The van der Waals surface area contributed by atoms with E-state index in [0.717, 1.165) is 5.92 Å².